The molecule has 4 rings (SSSR count). The van der Waals surface area contributed by atoms with Crippen LogP contribution in [0.1, 0.15) is 33.6 Å². The van der Waals surface area contributed by atoms with E-state index >= 15 is 0 Å². The first-order valence-electron chi connectivity index (χ1n) is 11.4. The van der Waals surface area contributed by atoms with E-state index in [1.807, 2.05) is 67.7 Å². The molecule has 0 atom stereocenters. The third-order valence-electron chi connectivity index (χ3n) is 5.56. The molecule has 1 aliphatic heterocycles. The Balaban J connectivity index is 1.40. The molecule has 0 aliphatic carbocycles. The number of benzene rings is 2. The van der Waals surface area contributed by atoms with Crippen molar-refractivity contribution in [3.8, 4) is 0 Å². The van der Waals surface area contributed by atoms with Gasteiger partial charge in [-0.15, -0.1) is 0 Å². The van der Waals surface area contributed by atoms with Crippen molar-refractivity contribution in [2.45, 2.75) is 19.4 Å². The van der Waals surface area contributed by atoms with Crippen LogP contribution in [0.15, 0.2) is 83.1 Å². The van der Waals surface area contributed by atoms with Crippen LogP contribution < -0.4 is 0 Å². The number of hydrogen-bond donors (Lipinski definition) is 0. The summed E-state index contributed by atoms with van der Waals surface area (Å²) in [7, 11) is 2.03. The van der Waals surface area contributed by atoms with Crippen molar-refractivity contribution in [2.24, 2.45) is 10.1 Å². The van der Waals surface area contributed by atoms with Gasteiger partial charge in [0.05, 0.1) is 17.0 Å². The zero-order valence-electron chi connectivity index (χ0n) is 19.4. The summed E-state index contributed by atoms with van der Waals surface area (Å²) in [4.78, 5) is 23.8. The molecule has 0 amide bonds. The summed E-state index contributed by atoms with van der Waals surface area (Å²) in [6.07, 6.45) is 8.07. The molecule has 0 fully saturated rings. The van der Waals surface area contributed by atoms with Crippen LogP contribution in [0.4, 0.5) is 0 Å². The first kappa shape index (κ1) is 23.3. The standard InChI is InChI=1S/C27H29N5O2/c1-31(16-14-26-24(20-33)18-32(29-26)25-13-8-15-28-17-25)19-27(23-11-6-3-7-12-23)30-34-21-22-9-4-2-5-10-22/h2-7,9-13,17-18,20H,8,14-16,19,21H2,1H3/b30-27-. The van der Waals surface area contributed by atoms with Crippen molar-refractivity contribution in [1.82, 2.24) is 14.7 Å². The normalized spacial score (nSPS) is 13.7. The number of dihydropyridines is 1. The molecule has 0 N–H and O–H groups in total. The quantitative estimate of drug-likeness (QED) is 0.248. The second kappa shape index (κ2) is 11.9. The number of aliphatic imine (C=N–C) groups is 1. The summed E-state index contributed by atoms with van der Waals surface area (Å²) < 4.78 is 1.75. The number of aldehydes is 1. The highest BCUT2D eigenvalue weighted by Crippen LogP contribution is 2.13. The molecule has 7 heteroatoms. The van der Waals surface area contributed by atoms with Gasteiger partial charge in [-0.3, -0.25) is 9.79 Å². The molecule has 0 saturated carbocycles. The van der Waals surface area contributed by atoms with Crippen LogP contribution in [0.25, 0.3) is 5.70 Å². The van der Waals surface area contributed by atoms with Crippen molar-refractivity contribution < 1.29 is 9.63 Å². The van der Waals surface area contributed by atoms with Gasteiger partial charge >= 0.3 is 0 Å². The highest BCUT2D eigenvalue weighted by atomic mass is 16.6. The average molecular weight is 456 g/mol. The lowest BCUT2D eigenvalue weighted by Gasteiger charge is -2.17. The maximum atomic E-state index is 11.6. The maximum Gasteiger partial charge on any atom is 0.153 e. The van der Waals surface area contributed by atoms with Crippen molar-refractivity contribution in [1.29, 1.82) is 0 Å². The molecule has 7 nitrogen and oxygen atoms in total. The van der Waals surface area contributed by atoms with Crippen molar-refractivity contribution in [2.75, 3.05) is 26.7 Å². The van der Waals surface area contributed by atoms with Crippen LogP contribution >= 0.6 is 0 Å². The number of nitrogens with zero attached hydrogens (tertiary/aromatic N) is 5. The van der Waals surface area contributed by atoms with Gasteiger partial charge in [0.1, 0.15) is 12.3 Å². The number of likely N-dealkylation sites (N-methyl/N-ethyl adjacent to an activating group) is 1. The minimum Gasteiger partial charge on any atom is -0.391 e. The van der Waals surface area contributed by atoms with E-state index in [1.54, 1.807) is 17.1 Å². The fourth-order valence-corrected chi connectivity index (χ4v) is 3.69. The van der Waals surface area contributed by atoms with Crippen LogP contribution in [0.3, 0.4) is 0 Å². The highest BCUT2D eigenvalue weighted by Gasteiger charge is 2.14. The van der Waals surface area contributed by atoms with Gasteiger partial charge in [0, 0.05) is 44.0 Å². The van der Waals surface area contributed by atoms with Gasteiger partial charge in [-0.25, -0.2) is 4.68 Å². The van der Waals surface area contributed by atoms with E-state index in [-0.39, 0.29) is 0 Å². The third-order valence-corrected chi connectivity index (χ3v) is 5.56. The van der Waals surface area contributed by atoms with E-state index in [2.05, 4.69) is 26.2 Å². The number of carbonyl (C=O) groups excluding carboxylic acids is 1. The number of carbonyl (C=O) groups is 1. The Kier molecular flexibility index (Phi) is 8.13. The molecule has 2 heterocycles. The topological polar surface area (TPSA) is 72.1 Å². The average Bonchev–Trinajstić information content (AvgIpc) is 3.32. The first-order chi connectivity index (χ1) is 16.7. The SMILES string of the molecule is CN(CCc1nn(C2=CCCN=C2)cc1C=O)C/C(=N/OCc1ccccc1)c1ccccc1. The summed E-state index contributed by atoms with van der Waals surface area (Å²) in [5.41, 5.74) is 5.23. The lowest BCUT2D eigenvalue weighted by Crippen LogP contribution is -2.29. The smallest absolute Gasteiger partial charge is 0.153 e. The second-order valence-corrected chi connectivity index (χ2v) is 8.20. The van der Waals surface area contributed by atoms with Gasteiger partial charge in [-0.05, 0) is 19.0 Å². The van der Waals surface area contributed by atoms with E-state index in [9.17, 15) is 4.79 Å². The number of allylic oxidation sites excluding steroid dienone is 1. The molecule has 2 aromatic carbocycles. The predicted octanol–water partition coefficient (Wildman–Crippen LogP) is 4.11. The Morgan fingerprint density at radius 2 is 1.91 bits per heavy atom. The van der Waals surface area contributed by atoms with E-state index in [0.717, 1.165) is 54.0 Å². The lowest BCUT2D eigenvalue weighted by molar-refractivity contribution is 0.112. The van der Waals surface area contributed by atoms with E-state index in [1.165, 1.54) is 0 Å². The van der Waals surface area contributed by atoms with E-state index < -0.39 is 0 Å². The molecular formula is C27H29N5O2. The molecule has 0 saturated heterocycles. The van der Waals surface area contributed by atoms with Crippen LogP contribution in [0.5, 0.6) is 0 Å². The Morgan fingerprint density at radius 1 is 1.15 bits per heavy atom. The molecule has 1 aromatic heterocycles. The Labute approximate surface area is 200 Å². The van der Waals surface area contributed by atoms with Crippen molar-refractivity contribution >= 4 is 23.9 Å². The summed E-state index contributed by atoms with van der Waals surface area (Å²) in [5.74, 6) is 0. The summed E-state index contributed by atoms with van der Waals surface area (Å²) in [6.45, 7) is 2.53. The maximum absolute atomic E-state index is 11.6. The second-order valence-electron chi connectivity index (χ2n) is 8.20. The monoisotopic (exact) mass is 455 g/mol. The van der Waals surface area contributed by atoms with Gasteiger partial charge in [0.2, 0.25) is 0 Å². The molecule has 174 valence electrons. The zero-order valence-corrected chi connectivity index (χ0v) is 19.4. The van der Waals surface area contributed by atoms with Crippen LogP contribution in [-0.2, 0) is 17.9 Å². The first-order valence-corrected chi connectivity index (χ1v) is 11.4. The minimum atomic E-state index is 0.417. The van der Waals surface area contributed by atoms with Gasteiger partial charge in [0.25, 0.3) is 0 Å². The van der Waals surface area contributed by atoms with Gasteiger partial charge < -0.3 is 9.74 Å². The molecule has 1 aliphatic rings. The summed E-state index contributed by atoms with van der Waals surface area (Å²) >= 11 is 0. The van der Waals surface area contributed by atoms with Crippen molar-refractivity contribution in [3.05, 3.63) is 95.3 Å². The van der Waals surface area contributed by atoms with Crippen LogP contribution in [0.2, 0.25) is 0 Å². The van der Waals surface area contributed by atoms with Gasteiger partial charge in [-0.1, -0.05) is 71.9 Å². The predicted molar refractivity (Wildman–Crippen MR) is 135 cm³/mol. The fraction of sp³-hybridized carbons (Fsp3) is 0.259. The Morgan fingerprint density at radius 3 is 2.62 bits per heavy atom. The van der Waals surface area contributed by atoms with Crippen LogP contribution in [0, 0.1) is 0 Å². The molecule has 0 spiro atoms. The molecule has 34 heavy (non-hydrogen) atoms. The van der Waals surface area contributed by atoms with Crippen molar-refractivity contribution in [3.63, 3.8) is 0 Å². The van der Waals surface area contributed by atoms with E-state index in [4.69, 9.17) is 4.84 Å². The Bertz CT molecular complexity index is 1170. The third kappa shape index (κ3) is 6.36. The number of rotatable bonds is 11. The molecule has 0 bridgehead atoms. The van der Waals surface area contributed by atoms with Gasteiger partial charge in [0.15, 0.2) is 6.29 Å². The molecule has 0 unspecified atom stereocenters. The zero-order chi connectivity index (χ0) is 23.6. The van der Waals surface area contributed by atoms with E-state index in [0.29, 0.717) is 25.1 Å². The molecule has 3 aromatic rings. The fourth-order valence-electron chi connectivity index (χ4n) is 3.69. The summed E-state index contributed by atoms with van der Waals surface area (Å²) in [6, 6.07) is 20.0. The molecule has 0 radical (unpaired) electrons. The largest absolute Gasteiger partial charge is 0.391 e. The summed E-state index contributed by atoms with van der Waals surface area (Å²) in [5, 5.41) is 9.10. The number of hydrogen-bond acceptors (Lipinski definition) is 6. The highest BCUT2D eigenvalue weighted by molar-refractivity contribution is 6.03. The molecular weight excluding hydrogens is 426 g/mol. The minimum absolute atomic E-state index is 0.417. The van der Waals surface area contributed by atoms with Gasteiger partial charge in [-0.2, -0.15) is 5.10 Å². The number of aromatic nitrogens is 2. The Hall–Kier alpha value is -3.84. The number of oxime groups is 1. The van der Waals surface area contributed by atoms with Crippen LogP contribution in [-0.4, -0.2) is 59.6 Å². The lowest BCUT2D eigenvalue weighted by atomic mass is 10.1.